The third kappa shape index (κ3) is 6.28. The Balaban J connectivity index is 2.09. The fourth-order valence-electron chi connectivity index (χ4n) is 2.41. The van der Waals surface area contributed by atoms with Crippen LogP contribution >= 0.6 is 0 Å². The maximum absolute atomic E-state index is 13.0. The van der Waals surface area contributed by atoms with E-state index < -0.39 is 34.3 Å². The summed E-state index contributed by atoms with van der Waals surface area (Å²) in [5, 5.41) is 0. The van der Waals surface area contributed by atoms with E-state index in [4.69, 9.17) is 4.74 Å². The Labute approximate surface area is 174 Å². The van der Waals surface area contributed by atoms with E-state index in [9.17, 15) is 22.4 Å². The van der Waals surface area contributed by atoms with Gasteiger partial charge < -0.3 is 9.64 Å². The lowest BCUT2D eigenvalue weighted by atomic mass is 10.2. The first-order chi connectivity index (χ1) is 14.3. The van der Waals surface area contributed by atoms with Gasteiger partial charge in [0.25, 0.3) is 15.9 Å². The zero-order chi connectivity index (χ0) is 22.1. The summed E-state index contributed by atoms with van der Waals surface area (Å²) < 4.78 is 45.3. The zero-order valence-corrected chi connectivity index (χ0v) is 16.9. The minimum absolute atomic E-state index is 0.0382. The minimum Gasteiger partial charge on any atom is -0.452 e. The van der Waals surface area contributed by atoms with Gasteiger partial charge in [0, 0.05) is 18.8 Å². The van der Waals surface area contributed by atoms with Gasteiger partial charge in [-0.25, -0.2) is 17.6 Å². The summed E-state index contributed by atoms with van der Waals surface area (Å²) >= 11 is 0. The fourth-order valence-corrected chi connectivity index (χ4v) is 3.52. The van der Waals surface area contributed by atoms with E-state index in [0.29, 0.717) is 0 Å². The molecule has 0 spiro atoms. The van der Waals surface area contributed by atoms with E-state index in [2.05, 4.69) is 17.9 Å². The zero-order valence-electron chi connectivity index (χ0n) is 16.1. The van der Waals surface area contributed by atoms with Gasteiger partial charge in [-0.15, -0.1) is 13.2 Å². The van der Waals surface area contributed by atoms with Crippen LogP contribution in [0.4, 0.5) is 10.1 Å². The molecule has 0 unspecified atom stereocenters. The molecule has 158 valence electrons. The molecule has 1 amide bonds. The summed E-state index contributed by atoms with van der Waals surface area (Å²) in [5.41, 5.74) is 0.128. The summed E-state index contributed by atoms with van der Waals surface area (Å²) in [5.74, 6) is -1.79. The van der Waals surface area contributed by atoms with Crippen LogP contribution in [0.2, 0.25) is 0 Å². The van der Waals surface area contributed by atoms with Crippen LogP contribution < -0.4 is 4.72 Å². The second kappa shape index (κ2) is 10.4. The van der Waals surface area contributed by atoms with Crippen LogP contribution in [-0.2, 0) is 19.6 Å². The normalized spacial score (nSPS) is 10.7. The summed E-state index contributed by atoms with van der Waals surface area (Å²) in [4.78, 5) is 25.6. The number of sulfonamides is 1. The molecule has 2 rings (SSSR count). The first kappa shape index (κ1) is 22.8. The van der Waals surface area contributed by atoms with E-state index in [1.54, 1.807) is 0 Å². The fraction of sp³-hybridized carbons (Fsp3) is 0.143. The number of esters is 1. The number of nitrogens with zero attached hydrogens (tertiary/aromatic N) is 1. The van der Waals surface area contributed by atoms with Crippen molar-refractivity contribution in [1.29, 1.82) is 0 Å². The topological polar surface area (TPSA) is 92.8 Å². The molecule has 0 aromatic heterocycles. The molecule has 0 heterocycles. The van der Waals surface area contributed by atoms with Gasteiger partial charge in [-0.05, 0) is 42.5 Å². The predicted molar refractivity (Wildman–Crippen MR) is 111 cm³/mol. The number of ether oxygens (including phenoxy) is 1. The molecule has 0 saturated carbocycles. The highest BCUT2D eigenvalue weighted by Crippen LogP contribution is 2.18. The Kier molecular flexibility index (Phi) is 7.88. The van der Waals surface area contributed by atoms with Crippen molar-refractivity contribution in [2.24, 2.45) is 0 Å². The summed E-state index contributed by atoms with van der Waals surface area (Å²) in [6.07, 6.45) is 3.07. The van der Waals surface area contributed by atoms with Crippen LogP contribution in [0.1, 0.15) is 10.4 Å². The van der Waals surface area contributed by atoms with Gasteiger partial charge >= 0.3 is 5.97 Å². The average Bonchev–Trinajstić information content (AvgIpc) is 2.73. The number of rotatable bonds is 10. The number of carbonyl (C=O) groups excluding carboxylic acids is 2. The van der Waals surface area contributed by atoms with Crippen molar-refractivity contribution in [3.8, 4) is 0 Å². The SMILES string of the molecule is C=CCN(CC=C)C(=O)COC(=O)c1cccc(S(=O)(=O)Nc2ccc(F)cc2)c1. The number of benzene rings is 2. The largest absolute Gasteiger partial charge is 0.452 e. The number of amides is 1. The molecule has 30 heavy (non-hydrogen) atoms. The molecule has 0 aliphatic heterocycles. The Bertz CT molecular complexity index is 1030. The molecular formula is C21H21FN2O5S. The van der Waals surface area contributed by atoms with E-state index in [0.717, 1.165) is 18.2 Å². The standard InChI is InChI=1S/C21H21FN2O5S/c1-3-12-24(13-4-2)20(25)15-29-21(26)16-6-5-7-19(14-16)30(27,28)23-18-10-8-17(22)9-11-18/h3-11,14,23H,1-2,12-13,15H2. The van der Waals surface area contributed by atoms with Crippen molar-refractivity contribution in [2.45, 2.75) is 4.90 Å². The van der Waals surface area contributed by atoms with E-state index in [-0.39, 0.29) is 29.2 Å². The number of carbonyl (C=O) groups is 2. The van der Waals surface area contributed by atoms with Crippen molar-refractivity contribution in [3.63, 3.8) is 0 Å². The molecule has 2 aromatic carbocycles. The summed E-state index contributed by atoms with van der Waals surface area (Å²) in [7, 11) is -4.02. The second-order valence-corrected chi connectivity index (χ2v) is 7.77. The summed E-state index contributed by atoms with van der Waals surface area (Å²) in [6.45, 7) is 7.14. The molecule has 0 aliphatic rings. The van der Waals surface area contributed by atoms with Crippen LogP contribution in [0.15, 0.2) is 78.7 Å². The van der Waals surface area contributed by atoms with Gasteiger partial charge in [-0.2, -0.15) is 0 Å². The predicted octanol–water partition coefficient (Wildman–Crippen LogP) is 2.98. The third-order valence-corrected chi connectivity index (χ3v) is 5.23. The number of hydrogen-bond donors (Lipinski definition) is 1. The highest BCUT2D eigenvalue weighted by molar-refractivity contribution is 7.92. The van der Waals surface area contributed by atoms with Gasteiger partial charge in [-0.1, -0.05) is 18.2 Å². The first-order valence-corrected chi connectivity index (χ1v) is 10.3. The van der Waals surface area contributed by atoms with E-state index >= 15 is 0 Å². The molecule has 2 aromatic rings. The lowest BCUT2D eigenvalue weighted by Gasteiger charge is -2.19. The maximum atomic E-state index is 13.0. The molecule has 0 bridgehead atoms. The molecule has 7 nitrogen and oxygen atoms in total. The van der Waals surface area contributed by atoms with Crippen molar-refractivity contribution >= 4 is 27.6 Å². The van der Waals surface area contributed by atoms with E-state index in [1.807, 2.05) is 0 Å². The number of halogens is 1. The van der Waals surface area contributed by atoms with Crippen LogP contribution in [0.25, 0.3) is 0 Å². The monoisotopic (exact) mass is 432 g/mol. The van der Waals surface area contributed by atoms with Crippen molar-refractivity contribution in [1.82, 2.24) is 4.90 Å². The number of anilines is 1. The first-order valence-electron chi connectivity index (χ1n) is 8.82. The van der Waals surface area contributed by atoms with Gasteiger partial charge in [0.05, 0.1) is 10.5 Å². The Hall–Kier alpha value is -3.46. The molecule has 0 saturated heterocycles. The summed E-state index contributed by atoms with van der Waals surface area (Å²) in [6, 6.07) is 9.95. The van der Waals surface area contributed by atoms with Crippen LogP contribution in [0, 0.1) is 5.82 Å². The maximum Gasteiger partial charge on any atom is 0.338 e. The molecule has 1 N–H and O–H groups in total. The molecule has 0 fully saturated rings. The van der Waals surface area contributed by atoms with Crippen LogP contribution in [-0.4, -0.2) is 44.9 Å². The number of hydrogen-bond acceptors (Lipinski definition) is 5. The van der Waals surface area contributed by atoms with Crippen LogP contribution in [0.3, 0.4) is 0 Å². The third-order valence-electron chi connectivity index (χ3n) is 3.85. The van der Waals surface area contributed by atoms with E-state index in [1.165, 1.54) is 47.4 Å². The lowest BCUT2D eigenvalue weighted by molar-refractivity contribution is -0.133. The smallest absolute Gasteiger partial charge is 0.338 e. The molecule has 9 heteroatoms. The average molecular weight is 432 g/mol. The van der Waals surface area contributed by atoms with Crippen molar-refractivity contribution in [3.05, 3.63) is 85.2 Å². The van der Waals surface area contributed by atoms with Crippen molar-refractivity contribution < 1.29 is 27.1 Å². The highest BCUT2D eigenvalue weighted by Gasteiger charge is 2.19. The number of nitrogens with one attached hydrogen (secondary N) is 1. The second-order valence-electron chi connectivity index (χ2n) is 6.09. The molecular weight excluding hydrogens is 411 g/mol. The van der Waals surface area contributed by atoms with Crippen LogP contribution in [0.5, 0.6) is 0 Å². The quantitative estimate of drug-likeness (QED) is 0.460. The van der Waals surface area contributed by atoms with Gasteiger partial charge in [-0.3, -0.25) is 9.52 Å². The van der Waals surface area contributed by atoms with Gasteiger partial charge in [0.2, 0.25) is 0 Å². The highest BCUT2D eigenvalue weighted by atomic mass is 32.2. The minimum atomic E-state index is -4.02. The van der Waals surface area contributed by atoms with Crippen molar-refractivity contribution in [2.75, 3.05) is 24.4 Å². The molecule has 0 atom stereocenters. The Morgan fingerprint density at radius 3 is 2.30 bits per heavy atom. The van der Waals surface area contributed by atoms with Gasteiger partial charge in [0.1, 0.15) is 5.82 Å². The Morgan fingerprint density at radius 2 is 1.70 bits per heavy atom. The lowest BCUT2D eigenvalue weighted by Crippen LogP contribution is -2.35. The molecule has 0 aliphatic carbocycles. The Morgan fingerprint density at radius 1 is 1.07 bits per heavy atom. The van der Waals surface area contributed by atoms with Gasteiger partial charge in [0.15, 0.2) is 6.61 Å². The molecule has 0 radical (unpaired) electrons.